The second-order valence-corrected chi connectivity index (χ2v) is 6.83. The first-order chi connectivity index (χ1) is 11.7. The molecule has 1 atom stereocenters. The minimum absolute atomic E-state index is 0.0181. The second kappa shape index (κ2) is 6.25. The average molecular weight is 343 g/mol. The number of nitrogens with one attached hydrogen (secondary N) is 1. The number of rotatable bonds is 4. The van der Waals surface area contributed by atoms with Crippen LogP contribution in [0, 0.1) is 0 Å². The fraction of sp³-hybridized carbons (Fsp3) is 0.400. The van der Waals surface area contributed by atoms with Crippen LogP contribution in [-0.2, 0) is 18.4 Å². The van der Waals surface area contributed by atoms with Gasteiger partial charge in [-0.15, -0.1) is 10.2 Å². The molecule has 1 N–H and O–H groups in total. The van der Waals surface area contributed by atoms with Gasteiger partial charge in [0.05, 0.1) is 29.9 Å². The van der Waals surface area contributed by atoms with Crippen LogP contribution in [0.1, 0.15) is 18.7 Å². The summed E-state index contributed by atoms with van der Waals surface area (Å²) in [7, 11) is 1.73. The summed E-state index contributed by atoms with van der Waals surface area (Å²) in [6.07, 6.45) is 1.81. The molecule has 3 heterocycles. The highest BCUT2D eigenvalue weighted by Gasteiger charge is 2.32. The molecule has 1 aliphatic heterocycles. The Morgan fingerprint density at radius 3 is 3.08 bits per heavy atom. The summed E-state index contributed by atoms with van der Waals surface area (Å²) < 4.78 is 1.07. The summed E-state index contributed by atoms with van der Waals surface area (Å²) in [5.74, 6) is 0.618. The summed E-state index contributed by atoms with van der Waals surface area (Å²) >= 11 is 1.49. The molecule has 1 fully saturated rings. The van der Waals surface area contributed by atoms with Crippen LogP contribution in [0.2, 0.25) is 0 Å². The number of tetrazole rings is 1. The van der Waals surface area contributed by atoms with Gasteiger partial charge >= 0.3 is 0 Å². The van der Waals surface area contributed by atoms with Gasteiger partial charge in [-0.3, -0.25) is 9.69 Å². The Labute approximate surface area is 142 Å². The molecule has 0 radical (unpaired) electrons. The van der Waals surface area contributed by atoms with E-state index in [0.29, 0.717) is 17.5 Å². The molecule has 1 amide bonds. The lowest BCUT2D eigenvalue weighted by Gasteiger charge is -2.21. The highest BCUT2D eigenvalue weighted by Crippen LogP contribution is 2.27. The van der Waals surface area contributed by atoms with Crippen molar-refractivity contribution < 1.29 is 4.79 Å². The van der Waals surface area contributed by atoms with Crippen LogP contribution < -0.4 is 5.32 Å². The lowest BCUT2D eigenvalue weighted by molar-refractivity contribution is -0.120. The molecule has 0 bridgehead atoms. The zero-order chi connectivity index (χ0) is 16.5. The number of hydrogen-bond acceptors (Lipinski definition) is 7. The van der Waals surface area contributed by atoms with Crippen molar-refractivity contribution in [1.82, 2.24) is 30.1 Å². The number of aryl methyl sites for hydroxylation is 1. The number of amides is 1. The highest BCUT2D eigenvalue weighted by atomic mass is 32.1. The lowest BCUT2D eigenvalue weighted by Crippen LogP contribution is -2.39. The first-order valence-electron chi connectivity index (χ1n) is 7.82. The van der Waals surface area contributed by atoms with Crippen molar-refractivity contribution in [1.29, 1.82) is 0 Å². The van der Waals surface area contributed by atoms with Crippen molar-refractivity contribution in [2.45, 2.75) is 25.4 Å². The minimum Gasteiger partial charge on any atom is -0.301 e. The molecule has 0 spiro atoms. The Morgan fingerprint density at radius 1 is 1.42 bits per heavy atom. The summed E-state index contributed by atoms with van der Waals surface area (Å²) in [6, 6.07) is 7.69. The van der Waals surface area contributed by atoms with Crippen molar-refractivity contribution in [3.63, 3.8) is 0 Å². The van der Waals surface area contributed by atoms with Gasteiger partial charge in [-0.25, -0.2) is 4.98 Å². The number of anilines is 1. The van der Waals surface area contributed by atoms with Gasteiger partial charge in [0.15, 0.2) is 11.0 Å². The Balaban J connectivity index is 1.46. The van der Waals surface area contributed by atoms with Gasteiger partial charge in [-0.05, 0) is 36.7 Å². The molecule has 4 rings (SSSR count). The number of likely N-dealkylation sites (tertiary alicyclic amines) is 1. The monoisotopic (exact) mass is 343 g/mol. The molecule has 0 aliphatic carbocycles. The van der Waals surface area contributed by atoms with Gasteiger partial charge in [-0.1, -0.05) is 23.5 Å². The van der Waals surface area contributed by atoms with Crippen molar-refractivity contribution in [3.8, 4) is 0 Å². The van der Waals surface area contributed by atoms with Crippen LogP contribution in [0.25, 0.3) is 10.2 Å². The van der Waals surface area contributed by atoms with E-state index in [4.69, 9.17) is 0 Å². The Morgan fingerprint density at radius 2 is 2.29 bits per heavy atom. The van der Waals surface area contributed by atoms with Crippen LogP contribution in [0.4, 0.5) is 5.13 Å². The predicted molar refractivity (Wildman–Crippen MR) is 90.5 cm³/mol. The van der Waals surface area contributed by atoms with Gasteiger partial charge in [0.25, 0.3) is 0 Å². The number of benzene rings is 1. The molecular weight excluding hydrogens is 326 g/mol. The SMILES string of the molecule is Cn1nnc(CN2CCC[C@H]2C(=O)Nc2nc3ccccc3s2)n1. The van der Waals surface area contributed by atoms with Gasteiger partial charge in [0.1, 0.15) is 0 Å². The van der Waals surface area contributed by atoms with Gasteiger partial charge < -0.3 is 5.32 Å². The molecule has 24 heavy (non-hydrogen) atoms. The smallest absolute Gasteiger partial charge is 0.243 e. The fourth-order valence-corrected chi connectivity index (χ4v) is 3.86. The van der Waals surface area contributed by atoms with Gasteiger partial charge in [0, 0.05) is 0 Å². The third kappa shape index (κ3) is 3.00. The summed E-state index contributed by atoms with van der Waals surface area (Å²) in [5.41, 5.74) is 0.907. The normalized spacial score (nSPS) is 18.3. The largest absolute Gasteiger partial charge is 0.301 e. The van der Waals surface area contributed by atoms with E-state index in [0.717, 1.165) is 29.6 Å². The highest BCUT2D eigenvalue weighted by molar-refractivity contribution is 7.22. The van der Waals surface area contributed by atoms with E-state index in [1.807, 2.05) is 24.3 Å². The molecule has 124 valence electrons. The average Bonchev–Trinajstić information content (AvgIpc) is 3.27. The van der Waals surface area contributed by atoms with E-state index in [-0.39, 0.29) is 11.9 Å². The van der Waals surface area contributed by atoms with E-state index < -0.39 is 0 Å². The fourth-order valence-electron chi connectivity index (χ4n) is 2.99. The maximum absolute atomic E-state index is 12.6. The topological polar surface area (TPSA) is 88.8 Å². The summed E-state index contributed by atoms with van der Waals surface area (Å²) in [5, 5.41) is 15.6. The van der Waals surface area contributed by atoms with E-state index in [2.05, 4.69) is 30.6 Å². The molecule has 2 aromatic heterocycles. The maximum atomic E-state index is 12.6. The summed E-state index contributed by atoms with van der Waals surface area (Å²) in [6.45, 7) is 1.39. The molecule has 1 aromatic carbocycles. The predicted octanol–water partition coefficient (Wildman–Crippen LogP) is 1.42. The van der Waals surface area contributed by atoms with Crippen molar-refractivity contribution in [2.75, 3.05) is 11.9 Å². The van der Waals surface area contributed by atoms with Crippen molar-refractivity contribution in [2.24, 2.45) is 7.05 Å². The zero-order valence-electron chi connectivity index (χ0n) is 13.2. The third-order valence-corrected chi connectivity index (χ3v) is 5.04. The molecular formula is C15H17N7OS. The Hall–Kier alpha value is -2.39. The number of nitrogens with zero attached hydrogens (tertiary/aromatic N) is 6. The van der Waals surface area contributed by atoms with Crippen LogP contribution in [0.3, 0.4) is 0 Å². The number of carbonyl (C=O) groups is 1. The third-order valence-electron chi connectivity index (χ3n) is 4.08. The maximum Gasteiger partial charge on any atom is 0.243 e. The first kappa shape index (κ1) is 15.2. The minimum atomic E-state index is -0.180. The second-order valence-electron chi connectivity index (χ2n) is 5.80. The van der Waals surface area contributed by atoms with Crippen molar-refractivity contribution in [3.05, 3.63) is 30.1 Å². The zero-order valence-corrected chi connectivity index (χ0v) is 14.0. The molecule has 0 saturated carbocycles. The number of fused-ring (bicyclic) bond motifs is 1. The summed E-state index contributed by atoms with van der Waals surface area (Å²) in [4.78, 5) is 20.6. The van der Waals surface area contributed by atoms with Crippen molar-refractivity contribution >= 4 is 32.6 Å². The van der Waals surface area contributed by atoms with Gasteiger partial charge in [0.2, 0.25) is 5.91 Å². The van der Waals surface area contributed by atoms with E-state index in [1.165, 1.54) is 16.1 Å². The Bertz CT molecular complexity index is 840. The molecule has 3 aromatic rings. The number of carbonyl (C=O) groups excluding carboxylic acids is 1. The van der Waals surface area contributed by atoms with Crippen LogP contribution in [-0.4, -0.2) is 48.6 Å². The van der Waals surface area contributed by atoms with Crippen LogP contribution in [0.15, 0.2) is 24.3 Å². The molecule has 1 saturated heterocycles. The number of thiazole rings is 1. The quantitative estimate of drug-likeness (QED) is 0.771. The standard InChI is InChI=1S/C15H17N7OS/c1-21-19-13(18-20-21)9-22-8-4-6-11(22)14(23)17-15-16-10-5-2-3-7-12(10)24-15/h2-3,5,7,11H,4,6,8-9H2,1H3,(H,16,17,23)/t11-/m0/s1. The lowest BCUT2D eigenvalue weighted by atomic mass is 10.2. The Kier molecular flexibility index (Phi) is 3.95. The number of aromatic nitrogens is 5. The van der Waals surface area contributed by atoms with E-state index in [1.54, 1.807) is 7.05 Å². The van der Waals surface area contributed by atoms with E-state index >= 15 is 0 Å². The van der Waals surface area contributed by atoms with E-state index in [9.17, 15) is 4.79 Å². The number of para-hydroxylation sites is 1. The van der Waals surface area contributed by atoms with Crippen LogP contribution >= 0.6 is 11.3 Å². The molecule has 9 heteroatoms. The number of hydrogen-bond donors (Lipinski definition) is 1. The van der Waals surface area contributed by atoms with Gasteiger partial charge in [-0.2, -0.15) is 4.80 Å². The molecule has 8 nitrogen and oxygen atoms in total. The van der Waals surface area contributed by atoms with Crippen LogP contribution in [0.5, 0.6) is 0 Å². The first-order valence-corrected chi connectivity index (χ1v) is 8.64. The molecule has 0 unspecified atom stereocenters. The molecule has 1 aliphatic rings.